The van der Waals surface area contributed by atoms with Gasteiger partial charge in [-0.2, -0.15) is 0 Å². The molecule has 0 aliphatic carbocycles. The topological polar surface area (TPSA) is 77.1 Å². The Labute approximate surface area is 190 Å². The van der Waals surface area contributed by atoms with Gasteiger partial charge in [0.2, 0.25) is 0 Å². The molecule has 1 heterocycles. The smallest absolute Gasteiger partial charge is 0.282 e. The summed E-state index contributed by atoms with van der Waals surface area (Å²) in [5.74, 6) is -0.732. The molecule has 3 aromatic rings. The van der Waals surface area contributed by atoms with Gasteiger partial charge in [-0.05, 0) is 30.3 Å². The van der Waals surface area contributed by atoms with Crippen molar-refractivity contribution in [2.45, 2.75) is 0 Å². The summed E-state index contributed by atoms with van der Waals surface area (Å²) in [5.41, 5.74) is 0.706. The van der Waals surface area contributed by atoms with Crippen molar-refractivity contribution in [1.29, 1.82) is 0 Å². The molecule has 1 aliphatic rings. The van der Waals surface area contributed by atoms with Crippen molar-refractivity contribution >= 4 is 28.8 Å². The Morgan fingerprint density at radius 3 is 2.18 bits per heavy atom. The van der Waals surface area contributed by atoms with Crippen LogP contribution in [0.4, 0.5) is 15.8 Å². The number of hydrogen-bond acceptors (Lipinski definition) is 6. The van der Waals surface area contributed by atoms with Gasteiger partial charge in [0.25, 0.3) is 11.8 Å². The van der Waals surface area contributed by atoms with Crippen LogP contribution < -0.4 is 24.4 Å². The lowest BCUT2D eigenvalue weighted by atomic mass is 10.0. The van der Waals surface area contributed by atoms with Crippen molar-refractivity contribution < 1.29 is 28.2 Å². The number of carbonyl (C=O) groups is 2. The van der Waals surface area contributed by atoms with Crippen molar-refractivity contribution in [3.63, 3.8) is 0 Å². The van der Waals surface area contributed by atoms with Gasteiger partial charge in [0.15, 0.2) is 0 Å². The van der Waals surface area contributed by atoms with Gasteiger partial charge >= 0.3 is 0 Å². The maximum atomic E-state index is 14.6. The summed E-state index contributed by atoms with van der Waals surface area (Å²) < 4.78 is 30.6. The van der Waals surface area contributed by atoms with Gasteiger partial charge in [0, 0.05) is 11.6 Å². The van der Waals surface area contributed by atoms with E-state index in [-0.39, 0.29) is 17.0 Å². The maximum absolute atomic E-state index is 14.6. The molecule has 7 nitrogen and oxygen atoms in total. The Bertz CT molecular complexity index is 1270. The number of halogens is 1. The Kier molecular flexibility index (Phi) is 5.99. The molecular weight excluding hydrogens is 427 g/mol. The van der Waals surface area contributed by atoms with Gasteiger partial charge in [-0.15, -0.1) is 0 Å². The SMILES string of the molecule is COc1ccc(NC2=C(c3ccccc3OC)C(=O)N(c3ccccc3F)C2=O)c(OC)c1. The van der Waals surface area contributed by atoms with Gasteiger partial charge in [0.1, 0.15) is 28.8 Å². The van der Waals surface area contributed by atoms with E-state index in [1.165, 1.54) is 39.5 Å². The summed E-state index contributed by atoms with van der Waals surface area (Å²) in [7, 11) is 4.47. The molecule has 2 amide bonds. The zero-order chi connectivity index (χ0) is 23.5. The van der Waals surface area contributed by atoms with E-state index in [2.05, 4.69) is 5.32 Å². The number of hydrogen-bond donors (Lipinski definition) is 1. The van der Waals surface area contributed by atoms with E-state index in [1.807, 2.05) is 0 Å². The predicted molar refractivity (Wildman–Crippen MR) is 122 cm³/mol. The highest BCUT2D eigenvalue weighted by atomic mass is 19.1. The summed E-state index contributed by atoms with van der Waals surface area (Å²) in [6, 6.07) is 17.4. The van der Waals surface area contributed by atoms with E-state index in [1.54, 1.807) is 48.5 Å². The number of imide groups is 1. The second-order valence-electron chi connectivity index (χ2n) is 7.04. The number of benzene rings is 3. The van der Waals surface area contributed by atoms with Crippen LogP contribution in [-0.2, 0) is 9.59 Å². The van der Waals surface area contributed by atoms with Crippen LogP contribution in [0.5, 0.6) is 17.2 Å². The highest BCUT2D eigenvalue weighted by Crippen LogP contribution is 2.39. The molecule has 1 N–H and O–H groups in total. The molecule has 0 aromatic heterocycles. The quantitative estimate of drug-likeness (QED) is 0.545. The number of carbonyl (C=O) groups excluding carboxylic acids is 2. The highest BCUT2D eigenvalue weighted by molar-refractivity contribution is 6.46. The molecule has 33 heavy (non-hydrogen) atoms. The maximum Gasteiger partial charge on any atom is 0.282 e. The zero-order valence-corrected chi connectivity index (χ0v) is 18.2. The fourth-order valence-electron chi connectivity index (χ4n) is 3.64. The Hall–Kier alpha value is -4.33. The normalized spacial score (nSPS) is 13.4. The van der Waals surface area contributed by atoms with E-state index in [9.17, 15) is 14.0 Å². The van der Waals surface area contributed by atoms with Crippen LogP contribution >= 0.6 is 0 Å². The minimum absolute atomic E-state index is 0.0313. The third-order valence-electron chi connectivity index (χ3n) is 5.22. The van der Waals surface area contributed by atoms with E-state index in [4.69, 9.17) is 14.2 Å². The predicted octanol–water partition coefficient (Wildman–Crippen LogP) is 4.25. The lowest BCUT2D eigenvalue weighted by molar-refractivity contribution is -0.120. The lowest BCUT2D eigenvalue weighted by Gasteiger charge is -2.16. The fourth-order valence-corrected chi connectivity index (χ4v) is 3.64. The number of methoxy groups -OCH3 is 3. The minimum atomic E-state index is -0.705. The second kappa shape index (κ2) is 9.04. The average molecular weight is 448 g/mol. The van der Waals surface area contributed by atoms with Gasteiger partial charge in [0.05, 0.1) is 38.3 Å². The Balaban J connectivity index is 1.89. The average Bonchev–Trinajstić information content (AvgIpc) is 3.08. The number of rotatable bonds is 7. The van der Waals surface area contributed by atoms with Crippen LogP contribution in [-0.4, -0.2) is 33.1 Å². The highest BCUT2D eigenvalue weighted by Gasteiger charge is 2.42. The van der Waals surface area contributed by atoms with Gasteiger partial charge in [-0.25, -0.2) is 9.29 Å². The van der Waals surface area contributed by atoms with Crippen molar-refractivity contribution in [3.8, 4) is 17.2 Å². The van der Waals surface area contributed by atoms with E-state index < -0.39 is 17.6 Å². The van der Waals surface area contributed by atoms with Gasteiger partial charge < -0.3 is 19.5 Å². The first-order valence-electron chi connectivity index (χ1n) is 10.00. The van der Waals surface area contributed by atoms with Crippen molar-refractivity contribution in [2.75, 3.05) is 31.5 Å². The molecule has 0 fully saturated rings. The first-order chi connectivity index (χ1) is 16.0. The molecule has 0 saturated heterocycles. The van der Waals surface area contributed by atoms with Crippen LogP contribution in [0.3, 0.4) is 0 Å². The van der Waals surface area contributed by atoms with Crippen LogP contribution in [0, 0.1) is 5.82 Å². The van der Waals surface area contributed by atoms with Crippen LogP contribution in [0.2, 0.25) is 0 Å². The molecule has 8 heteroatoms. The zero-order valence-electron chi connectivity index (χ0n) is 18.2. The Morgan fingerprint density at radius 2 is 1.48 bits per heavy atom. The van der Waals surface area contributed by atoms with Gasteiger partial charge in [-0.3, -0.25) is 9.59 Å². The van der Waals surface area contributed by atoms with Crippen molar-refractivity contribution in [3.05, 3.63) is 83.8 Å². The Morgan fingerprint density at radius 1 is 0.788 bits per heavy atom. The third kappa shape index (κ3) is 3.87. The van der Waals surface area contributed by atoms with Crippen LogP contribution in [0.25, 0.3) is 5.57 Å². The minimum Gasteiger partial charge on any atom is -0.497 e. The number of para-hydroxylation sites is 2. The van der Waals surface area contributed by atoms with Crippen LogP contribution in [0.15, 0.2) is 72.4 Å². The summed E-state index contributed by atoms with van der Waals surface area (Å²) >= 11 is 0. The van der Waals surface area contributed by atoms with Crippen molar-refractivity contribution in [2.24, 2.45) is 0 Å². The molecule has 0 radical (unpaired) electrons. The molecule has 3 aromatic carbocycles. The molecule has 0 saturated carbocycles. The molecule has 0 atom stereocenters. The molecule has 1 aliphatic heterocycles. The summed E-state index contributed by atoms with van der Waals surface area (Å²) in [4.78, 5) is 27.8. The molecular formula is C25H21FN2O5. The third-order valence-corrected chi connectivity index (χ3v) is 5.22. The number of nitrogens with zero attached hydrogens (tertiary/aromatic N) is 1. The van der Waals surface area contributed by atoms with Crippen molar-refractivity contribution in [1.82, 2.24) is 0 Å². The summed E-state index contributed by atoms with van der Waals surface area (Å²) in [6.45, 7) is 0. The number of ether oxygens (including phenoxy) is 3. The number of nitrogens with one attached hydrogen (secondary N) is 1. The molecule has 0 bridgehead atoms. The molecule has 0 spiro atoms. The summed E-state index contributed by atoms with van der Waals surface area (Å²) in [5, 5.41) is 3.02. The van der Waals surface area contributed by atoms with Gasteiger partial charge in [-0.1, -0.05) is 30.3 Å². The number of anilines is 2. The first-order valence-corrected chi connectivity index (χ1v) is 10.00. The largest absolute Gasteiger partial charge is 0.497 e. The standard InChI is InChI=1S/C25H21FN2O5/c1-31-15-12-13-18(21(14-15)33-3)27-23-22(16-8-4-7-11-20(16)32-2)24(29)28(25(23)30)19-10-6-5-9-17(19)26/h4-14,27H,1-3H3. The second-order valence-corrected chi connectivity index (χ2v) is 7.04. The molecule has 0 unspecified atom stereocenters. The van der Waals surface area contributed by atoms with E-state index in [0.717, 1.165) is 4.90 Å². The molecule has 4 rings (SSSR count). The lowest BCUT2D eigenvalue weighted by Crippen LogP contribution is -2.33. The summed E-state index contributed by atoms with van der Waals surface area (Å²) in [6.07, 6.45) is 0. The molecule has 168 valence electrons. The first kappa shape index (κ1) is 21.9. The van der Waals surface area contributed by atoms with E-state index in [0.29, 0.717) is 28.5 Å². The number of amides is 2. The van der Waals surface area contributed by atoms with E-state index >= 15 is 0 Å². The fraction of sp³-hybridized carbons (Fsp3) is 0.120. The van der Waals surface area contributed by atoms with Crippen LogP contribution in [0.1, 0.15) is 5.56 Å². The monoisotopic (exact) mass is 448 g/mol.